The Hall–Kier alpha value is -2.05. The lowest BCUT2D eigenvalue weighted by Crippen LogP contribution is -2.43. The molecule has 1 aromatic carbocycles. The molecule has 2 rings (SSSR count). The van der Waals surface area contributed by atoms with E-state index in [-0.39, 0.29) is 12.5 Å². The van der Waals surface area contributed by atoms with E-state index in [1.54, 1.807) is 24.3 Å². The van der Waals surface area contributed by atoms with Crippen LogP contribution in [0.5, 0.6) is 5.75 Å². The molecule has 2 aromatic rings. The van der Waals surface area contributed by atoms with Gasteiger partial charge in [0.15, 0.2) is 6.61 Å². The number of amides is 2. The average Bonchev–Trinajstić information content (AvgIpc) is 2.93. The molecule has 0 radical (unpaired) electrons. The minimum atomic E-state index is -0.447. The highest BCUT2D eigenvalue weighted by atomic mass is 35.5. The minimum Gasteiger partial charge on any atom is -0.484 e. The third-order valence-electron chi connectivity index (χ3n) is 3.06. The monoisotopic (exact) mass is 352 g/mol. The normalized spacial score (nSPS) is 10.2. The van der Waals surface area contributed by atoms with Crippen LogP contribution < -0.4 is 15.6 Å². The second-order valence-corrected chi connectivity index (χ2v) is 6.39. The van der Waals surface area contributed by atoms with E-state index < -0.39 is 5.91 Å². The number of hydrogen-bond acceptors (Lipinski definition) is 4. The summed E-state index contributed by atoms with van der Waals surface area (Å²) in [6.45, 7) is 3.80. The Labute approximate surface area is 143 Å². The maximum absolute atomic E-state index is 12.0. The molecule has 0 aliphatic carbocycles. The summed E-state index contributed by atoms with van der Waals surface area (Å²) in [6, 6.07) is 8.47. The van der Waals surface area contributed by atoms with Gasteiger partial charge in [-0.1, -0.05) is 18.5 Å². The molecule has 2 amide bonds. The van der Waals surface area contributed by atoms with E-state index in [9.17, 15) is 9.59 Å². The molecule has 0 atom stereocenters. The van der Waals surface area contributed by atoms with E-state index >= 15 is 0 Å². The zero-order valence-electron chi connectivity index (χ0n) is 12.8. The summed E-state index contributed by atoms with van der Waals surface area (Å²) >= 11 is 7.18. The van der Waals surface area contributed by atoms with Crippen molar-refractivity contribution in [3.63, 3.8) is 0 Å². The summed E-state index contributed by atoms with van der Waals surface area (Å²) < 4.78 is 5.28. The highest BCUT2D eigenvalue weighted by molar-refractivity contribution is 7.14. The number of nitrogens with one attached hydrogen (secondary N) is 2. The van der Waals surface area contributed by atoms with Crippen LogP contribution in [0.2, 0.25) is 5.02 Å². The smallest absolute Gasteiger partial charge is 0.279 e. The number of hydrogen-bond donors (Lipinski definition) is 2. The maximum atomic E-state index is 12.0. The van der Waals surface area contributed by atoms with Crippen LogP contribution >= 0.6 is 22.9 Å². The number of thiophene rings is 1. The molecular weight excluding hydrogens is 336 g/mol. The topological polar surface area (TPSA) is 67.4 Å². The standard InChI is InChI=1S/C16H17ClN2O3S/c1-3-13-10(2)8-14(23-13)16(21)19-18-15(20)9-22-12-6-4-11(17)5-7-12/h4-8H,3,9H2,1-2H3,(H,18,20)(H,19,21). The molecule has 0 aliphatic rings. The van der Waals surface area contributed by atoms with Gasteiger partial charge >= 0.3 is 0 Å². The molecule has 5 nitrogen and oxygen atoms in total. The van der Waals surface area contributed by atoms with Crippen LogP contribution in [0.1, 0.15) is 27.0 Å². The van der Waals surface area contributed by atoms with Crippen LogP contribution in [0.15, 0.2) is 30.3 Å². The molecule has 1 heterocycles. The summed E-state index contributed by atoms with van der Waals surface area (Å²) in [5.41, 5.74) is 5.79. The Morgan fingerprint density at radius 3 is 2.52 bits per heavy atom. The first kappa shape index (κ1) is 17.3. The number of carbonyl (C=O) groups excluding carboxylic acids is 2. The fraction of sp³-hybridized carbons (Fsp3) is 0.250. The van der Waals surface area contributed by atoms with Crippen molar-refractivity contribution in [1.29, 1.82) is 0 Å². The number of halogens is 1. The minimum absolute atomic E-state index is 0.203. The Morgan fingerprint density at radius 1 is 1.22 bits per heavy atom. The largest absolute Gasteiger partial charge is 0.484 e. The van der Waals surface area contributed by atoms with E-state index in [2.05, 4.69) is 10.9 Å². The molecular formula is C16H17ClN2O3S. The van der Waals surface area contributed by atoms with Crippen molar-refractivity contribution in [3.8, 4) is 5.75 Å². The van der Waals surface area contributed by atoms with Crippen molar-refractivity contribution in [2.45, 2.75) is 20.3 Å². The van der Waals surface area contributed by atoms with Crippen LogP contribution in [0.25, 0.3) is 0 Å². The third-order valence-corrected chi connectivity index (χ3v) is 4.70. The van der Waals surface area contributed by atoms with Gasteiger partial charge in [0.1, 0.15) is 5.75 Å². The molecule has 0 saturated heterocycles. The second kappa shape index (κ2) is 7.99. The van der Waals surface area contributed by atoms with Crippen LogP contribution in [0, 0.1) is 6.92 Å². The molecule has 0 saturated carbocycles. The zero-order chi connectivity index (χ0) is 16.8. The van der Waals surface area contributed by atoms with Gasteiger partial charge in [-0.3, -0.25) is 20.4 Å². The molecule has 2 N–H and O–H groups in total. The fourth-order valence-corrected chi connectivity index (χ4v) is 3.02. The molecule has 0 aliphatic heterocycles. The zero-order valence-corrected chi connectivity index (χ0v) is 14.4. The molecule has 0 fully saturated rings. The van der Waals surface area contributed by atoms with E-state index in [0.717, 1.165) is 16.9 Å². The first-order chi connectivity index (χ1) is 11.0. The van der Waals surface area contributed by atoms with E-state index in [1.807, 2.05) is 19.9 Å². The van der Waals surface area contributed by atoms with Gasteiger partial charge in [-0.05, 0) is 49.2 Å². The molecule has 0 unspecified atom stereocenters. The van der Waals surface area contributed by atoms with Crippen LogP contribution in [0.4, 0.5) is 0 Å². The quantitative estimate of drug-likeness (QED) is 0.812. The van der Waals surface area contributed by atoms with Gasteiger partial charge in [0.25, 0.3) is 11.8 Å². The van der Waals surface area contributed by atoms with Gasteiger partial charge in [0.05, 0.1) is 4.88 Å². The van der Waals surface area contributed by atoms with Crippen molar-refractivity contribution < 1.29 is 14.3 Å². The number of aryl methyl sites for hydroxylation is 2. The summed E-state index contributed by atoms with van der Waals surface area (Å²) in [4.78, 5) is 25.4. The van der Waals surface area contributed by atoms with Gasteiger partial charge in [0, 0.05) is 9.90 Å². The fourth-order valence-electron chi connectivity index (χ4n) is 1.89. The van der Waals surface area contributed by atoms with Gasteiger partial charge in [0.2, 0.25) is 0 Å². The Bertz CT molecular complexity index is 698. The number of carbonyl (C=O) groups is 2. The van der Waals surface area contributed by atoms with Crippen molar-refractivity contribution in [3.05, 3.63) is 50.7 Å². The van der Waals surface area contributed by atoms with Gasteiger partial charge in [-0.15, -0.1) is 11.3 Å². The van der Waals surface area contributed by atoms with Gasteiger partial charge in [-0.2, -0.15) is 0 Å². The Kier molecular flexibility index (Phi) is 6.01. The lowest BCUT2D eigenvalue weighted by atomic mass is 10.2. The molecule has 7 heteroatoms. The van der Waals surface area contributed by atoms with Crippen molar-refractivity contribution in [1.82, 2.24) is 10.9 Å². The van der Waals surface area contributed by atoms with E-state index in [4.69, 9.17) is 16.3 Å². The predicted molar refractivity (Wildman–Crippen MR) is 91.0 cm³/mol. The lowest BCUT2D eigenvalue weighted by molar-refractivity contribution is -0.123. The predicted octanol–water partition coefficient (Wildman–Crippen LogP) is 3.11. The molecule has 1 aromatic heterocycles. The summed E-state index contributed by atoms with van der Waals surface area (Å²) in [5.74, 6) is -0.257. The van der Waals surface area contributed by atoms with Gasteiger partial charge < -0.3 is 4.74 Å². The molecule has 0 bridgehead atoms. The summed E-state index contributed by atoms with van der Waals surface area (Å²) in [6.07, 6.45) is 0.880. The molecule has 23 heavy (non-hydrogen) atoms. The number of hydrazine groups is 1. The van der Waals surface area contributed by atoms with Crippen molar-refractivity contribution in [2.75, 3.05) is 6.61 Å². The number of benzene rings is 1. The summed E-state index contributed by atoms with van der Waals surface area (Å²) in [5, 5.41) is 0.590. The summed E-state index contributed by atoms with van der Waals surface area (Å²) in [7, 11) is 0. The number of rotatable bonds is 5. The first-order valence-electron chi connectivity index (χ1n) is 7.06. The number of ether oxygens (including phenoxy) is 1. The first-order valence-corrected chi connectivity index (χ1v) is 8.26. The SMILES string of the molecule is CCc1sc(C(=O)NNC(=O)COc2ccc(Cl)cc2)cc1C. The highest BCUT2D eigenvalue weighted by Gasteiger charge is 2.12. The van der Waals surface area contributed by atoms with Crippen LogP contribution in [0.3, 0.4) is 0 Å². The van der Waals surface area contributed by atoms with Crippen molar-refractivity contribution in [2.24, 2.45) is 0 Å². The average molecular weight is 353 g/mol. The second-order valence-electron chi connectivity index (χ2n) is 4.82. The molecule has 0 spiro atoms. The highest BCUT2D eigenvalue weighted by Crippen LogP contribution is 2.22. The van der Waals surface area contributed by atoms with E-state index in [1.165, 1.54) is 11.3 Å². The lowest BCUT2D eigenvalue weighted by Gasteiger charge is -2.08. The molecule has 122 valence electrons. The maximum Gasteiger partial charge on any atom is 0.279 e. The Morgan fingerprint density at radius 2 is 1.91 bits per heavy atom. The van der Waals surface area contributed by atoms with Gasteiger partial charge in [-0.25, -0.2) is 0 Å². The Balaban J connectivity index is 1.79. The van der Waals surface area contributed by atoms with Crippen LogP contribution in [-0.2, 0) is 11.2 Å². The van der Waals surface area contributed by atoms with Crippen LogP contribution in [-0.4, -0.2) is 18.4 Å². The third kappa shape index (κ3) is 4.97. The van der Waals surface area contributed by atoms with E-state index in [0.29, 0.717) is 15.6 Å². The van der Waals surface area contributed by atoms with Crippen molar-refractivity contribution >= 4 is 34.8 Å².